The molecule has 0 saturated heterocycles. The third kappa shape index (κ3) is 2.99. The summed E-state index contributed by atoms with van der Waals surface area (Å²) in [6, 6.07) is 12.0. The first-order valence-electron chi connectivity index (χ1n) is 8.12. The lowest BCUT2D eigenvalue weighted by Crippen LogP contribution is -2.07. The molecule has 0 radical (unpaired) electrons. The Hall–Kier alpha value is -3.41. The highest BCUT2D eigenvalue weighted by molar-refractivity contribution is 6.09. The summed E-state index contributed by atoms with van der Waals surface area (Å²) in [6.07, 6.45) is 0.193. The van der Waals surface area contributed by atoms with Crippen molar-refractivity contribution in [2.75, 3.05) is 0 Å². The van der Waals surface area contributed by atoms with Crippen molar-refractivity contribution in [1.82, 2.24) is 0 Å². The van der Waals surface area contributed by atoms with Crippen LogP contribution in [0.5, 0.6) is 0 Å². The van der Waals surface area contributed by atoms with Gasteiger partial charge in [-0.05, 0) is 47.5 Å². The van der Waals surface area contributed by atoms with Crippen molar-refractivity contribution in [3.05, 3.63) is 88.7 Å². The van der Waals surface area contributed by atoms with E-state index in [0.29, 0.717) is 17.0 Å². The van der Waals surface area contributed by atoms with Gasteiger partial charge in [-0.3, -0.25) is 4.99 Å². The monoisotopic (exact) mass is 367 g/mol. The number of carboxylic acids is 1. The summed E-state index contributed by atoms with van der Waals surface area (Å²) >= 11 is 0. The van der Waals surface area contributed by atoms with Gasteiger partial charge in [-0.1, -0.05) is 12.1 Å². The van der Waals surface area contributed by atoms with E-state index in [-0.39, 0.29) is 28.7 Å². The minimum absolute atomic E-state index is 0.0895. The van der Waals surface area contributed by atoms with E-state index in [1.54, 1.807) is 12.1 Å². The van der Waals surface area contributed by atoms with Crippen LogP contribution >= 0.6 is 0 Å². The molecule has 1 heterocycles. The Kier molecular flexibility index (Phi) is 4.03. The van der Waals surface area contributed by atoms with Gasteiger partial charge < -0.3 is 5.11 Å². The second kappa shape index (κ2) is 6.39. The van der Waals surface area contributed by atoms with Crippen LogP contribution in [0.2, 0.25) is 0 Å². The third-order valence-corrected chi connectivity index (χ3v) is 4.50. The lowest BCUT2D eigenvalue weighted by Gasteiger charge is -2.08. The molecular weight excluding hydrogens is 355 g/mol. The van der Waals surface area contributed by atoms with E-state index in [2.05, 4.69) is 4.99 Å². The molecule has 0 fully saturated rings. The summed E-state index contributed by atoms with van der Waals surface area (Å²) in [4.78, 5) is 15.7. The molecule has 1 N–H and O–H groups in total. The number of carbonyl (C=O) groups is 1. The predicted molar refractivity (Wildman–Crippen MR) is 95.1 cm³/mol. The molecule has 0 bridgehead atoms. The first-order chi connectivity index (χ1) is 12.9. The first kappa shape index (κ1) is 17.0. The summed E-state index contributed by atoms with van der Waals surface area (Å²) in [5.41, 5.74) is 2.15. The zero-order valence-electron chi connectivity index (χ0n) is 13.8. The van der Waals surface area contributed by atoms with Gasteiger partial charge in [-0.2, -0.15) is 0 Å². The fourth-order valence-electron chi connectivity index (χ4n) is 3.21. The second-order valence-corrected chi connectivity index (χ2v) is 6.16. The number of halogens is 3. The third-order valence-electron chi connectivity index (χ3n) is 4.50. The maximum atomic E-state index is 14.7. The molecule has 1 aliphatic heterocycles. The molecule has 0 aromatic heterocycles. The lowest BCUT2D eigenvalue weighted by molar-refractivity contribution is 0.0696. The Balaban J connectivity index is 1.70. The van der Waals surface area contributed by atoms with E-state index in [9.17, 15) is 23.1 Å². The molecule has 27 heavy (non-hydrogen) atoms. The van der Waals surface area contributed by atoms with Crippen LogP contribution in [0, 0.1) is 17.5 Å². The van der Waals surface area contributed by atoms with Crippen LogP contribution in [0.25, 0.3) is 11.1 Å². The Morgan fingerprint density at radius 2 is 1.67 bits per heavy atom. The maximum absolute atomic E-state index is 14.7. The van der Waals surface area contributed by atoms with Gasteiger partial charge in [0.15, 0.2) is 0 Å². The predicted octanol–water partition coefficient (Wildman–Crippen LogP) is 5.15. The van der Waals surface area contributed by atoms with Crippen molar-refractivity contribution in [2.24, 2.45) is 4.99 Å². The average Bonchev–Trinajstić information content (AvgIpc) is 3.05. The average molecular weight is 367 g/mol. The number of hydrogen-bond acceptors (Lipinski definition) is 2. The van der Waals surface area contributed by atoms with Crippen LogP contribution in [-0.2, 0) is 6.42 Å². The molecule has 3 aromatic rings. The molecule has 134 valence electrons. The molecular formula is C21H12F3NO2. The van der Waals surface area contributed by atoms with Gasteiger partial charge in [0.25, 0.3) is 0 Å². The zero-order valence-corrected chi connectivity index (χ0v) is 13.8. The topological polar surface area (TPSA) is 49.7 Å². The van der Waals surface area contributed by atoms with Gasteiger partial charge in [-0.25, -0.2) is 18.0 Å². The SMILES string of the molecule is O=C(O)c1cccc2c1CC(c1ccc(-c3ccc(F)cc3F)cc1F)=N2. The molecule has 4 rings (SSSR count). The van der Waals surface area contributed by atoms with E-state index >= 15 is 0 Å². The second-order valence-electron chi connectivity index (χ2n) is 6.16. The van der Waals surface area contributed by atoms with Gasteiger partial charge in [0, 0.05) is 23.6 Å². The standard InChI is InChI=1S/C21H12F3NO2/c22-12-5-7-13(18(24)9-12)11-4-6-15(17(23)8-11)20-10-16-14(21(26)27)2-1-3-19(16)25-20/h1-9H,10H2,(H,26,27). The van der Waals surface area contributed by atoms with Crippen molar-refractivity contribution >= 4 is 17.4 Å². The smallest absolute Gasteiger partial charge is 0.336 e. The molecule has 3 aromatic carbocycles. The summed E-state index contributed by atoms with van der Waals surface area (Å²) < 4.78 is 41.7. The van der Waals surface area contributed by atoms with Gasteiger partial charge >= 0.3 is 5.97 Å². The van der Waals surface area contributed by atoms with Crippen LogP contribution in [0.4, 0.5) is 18.9 Å². The van der Waals surface area contributed by atoms with Gasteiger partial charge in [-0.15, -0.1) is 0 Å². The number of aliphatic imine (C=N–C) groups is 1. The van der Waals surface area contributed by atoms with Crippen LogP contribution in [0.15, 0.2) is 59.6 Å². The van der Waals surface area contributed by atoms with E-state index < -0.39 is 23.4 Å². The molecule has 3 nitrogen and oxygen atoms in total. The number of hydrogen-bond donors (Lipinski definition) is 1. The Morgan fingerprint density at radius 1 is 0.926 bits per heavy atom. The zero-order chi connectivity index (χ0) is 19.1. The number of aromatic carboxylic acids is 1. The quantitative estimate of drug-likeness (QED) is 0.696. The Bertz CT molecular complexity index is 1120. The maximum Gasteiger partial charge on any atom is 0.336 e. The van der Waals surface area contributed by atoms with E-state index in [1.807, 2.05) is 0 Å². The number of carboxylic acid groups (broad SMARTS) is 1. The van der Waals surface area contributed by atoms with Gasteiger partial charge in [0.2, 0.25) is 0 Å². The summed E-state index contributed by atoms with van der Waals surface area (Å²) in [6.45, 7) is 0. The van der Waals surface area contributed by atoms with Crippen molar-refractivity contribution in [2.45, 2.75) is 6.42 Å². The Morgan fingerprint density at radius 3 is 2.37 bits per heavy atom. The van der Waals surface area contributed by atoms with Gasteiger partial charge in [0.05, 0.1) is 17.0 Å². The number of nitrogens with zero attached hydrogens (tertiary/aromatic N) is 1. The van der Waals surface area contributed by atoms with Crippen molar-refractivity contribution in [1.29, 1.82) is 0 Å². The van der Waals surface area contributed by atoms with Crippen molar-refractivity contribution < 1.29 is 23.1 Å². The number of rotatable bonds is 3. The van der Waals surface area contributed by atoms with Crippen LogP contribution in [0.1, 0.15) is 21.5 Å². The largest absolute Gasteiger partial charge is 0.478 e. The minimum Gasteiger partial charge on any atom is -0.478 e. The van der Waals surface area contributed by atoms with Crippen molar-refractivity contribution in [3.8, 4) is 11.1 Å². The summed E-state index contributed by atoms with van der Waals surface area (Å²) in [5, 5.41) is 9.28. The van der Waals surface area contributed by atoms with Gasteiger partial charge in [0.1, 0.15) is 17.5 Å². The van der Waals surface area contributed by atoms with E-state index in [1.165, 1.54) is 24.3 Å². The number of fused-ring (bicyclic) bond motifs is 1. The van der Waals surface area contributed by atoms with E-state index in [4.69, 9.17) is 0 Å². The molecule has 0 unspecified atom stereocenters. The lowest BCUT2D eigenvalue weighted by atomic mass is 9.97. The normalized spacial score (nSPS) is 12.6. The highest BCUT2D eigenvalue weighted by Gasteiger charge is 2.24. The summed E-state index contributed by atoms with van der Waals surface area (Å²) in [7, 11) is 0. The molecule has 0 atom stereocenters. The van der Waals surface area contributed by atoms with Crippen LogP contribution < -0.4 is 0 Å². The molecule has 0 spiro atoms. The molecule has 0 aliphatic carbocycles. The molecule has 0 saturated carbocycles. The van der Waals surface area contributed by atoms with Crippen LogP contribution in [0.3, 0.4) is 0 Å². The highest BCUT2D eigenvalue weighted by Crippen LogP contribution is 2.33. The van der Waals surface area contributed by atoms with Crippen LogP contribution in [-0.4, -0.2) is 16.8 Å². The minimum atomic E-state index is -1.06. The first-order valence-corrected chi connectivity index (χ1v) is 8.12. The fourth-order valence-corrected chi connectivity index (χ4v) is 3.21. The molecule has 1 aliphatic rings. The Labute approximate surface area is 152 Å². The fraction of sp³-hybridized carbons (Fsp3) is 0.0476. The van der Waals surface area contributed by atoms with Crippen molar-refractivity contribution in [3.63, 3.8) is 0 Å². The van der Waals surface area contributed by atoms with E-state index in [0.717, 1.165) is 18.2 Å². The highest BCUT2D eigenvalue weighted by atomic mass is 19.1. The summed E-state index contributed by atoms with van der Waals surface area (Å²) in [5.74, 6) is -3.16. The molecule has 6 heteroatoms. The number of benzene rings is 3. The molecule has 0 amide bonds.